The molecule has 0 atom stereocenters. The van der Waals surface area contributed by atoms with Crippen molar-refractivity contribution in [1.29, 1.82) is 0 Å². The summed E-state index contributed by atoms with van der Waals surface area (Å²) in [5.74, 6) is -0.512. The van der Waals surface area contributed by atoms with Gasteiger partial charge in [0.25, 0.3) is 0 Å². The van der Waals surface area contributed by atoms with Crippen molar-refractivity contribution in [3.05, 3.63) is 54.5 Å². The van der Waals surface area contributed by atoms with Crippen molar-refractivity contribution in [1.82, 2.24) is 0 Å². The molecule has 0 spiro atoms. The molecular weight excluding hydrogens is 534 g/mol. The van der Waals surface area contributed by atoms with Gasteiger partial charge in [-0.05, 0) is 65.4 Å². The van der Waals surface area contributed by atoms with Crippen molar-refractivity contribution in [2.45, 2.75) is 6.92 Å². The minimum Gasteiger partial charge on any atom is -0.324 e. The van der Waals surface area contributed by atoms with Crippen molar-refractivity contribution >= 4 is 84.7 Å². The Morgan fingerprint density at radius 1 is 1.12 bits per heavy atom. The first kappa shape index (κ1) is 21.6. The molecule has 0 aliphatic rings. The maximum atomic E-state index is 12.4. The van der Waals surface area contributed by atoms with Gasteiger partial charge in [-0.3, -0.25) is 9.10 Å². The third-order valence-electron chi connectivity index (χ3n) is 3.41. The standard InChI is InChI=1S/C16H14Cl3IN2O3S/c1-9-5-10(20)3-4-14(9)21-16(23)8-22(26(2,24)25)15-7-12(18)11(17)6-13(15)19/h3-7H,8H2,1-2H3,(H,21,23). The lowest BCUT2D eigenvalue weighted by Crippen LogP contribution is -2.37. The highest BCUT2D eigenvalue weighted by Gasteiger charge is 2.24. The SMILES string of the molecule is Cc1cc(I)ccc1NC(=O)CN(c1cc(Cl)c(Cl)cc1Cl)S(C)(=O)=O. The zero-order valence-electron chi connectivity index (χ0n) is 13.7. The number of benzene rings is 2. The van der Waals surface area contributed by atoms with E-state index in [2.05, 4.69) is 27.9 Å². The highest BCUT2D eigenvalue weighted by Crippen LogP contribution is 2.35. The number of aryl methyl sites for hydroxylation is 1. The monoisotopic (exact) mass is 546 g/mol. The van der Waals surface area contributed by atoms with Crippen LogP contribution in [0.15, 0.2) is 30.3 Å². The molecule has 0 radical (unpaired) electrons. The average molecular weight is 548 g/mol. The van der Waals surface area contributed by atoms with Gasteiger partial charge in [-0.25, -0.2) is 8.42 Å². The van der Waals surface area contributed by atoms with Crippen LogP contribution in [0.1, 0.15) is 5.56 Å². The van der Waals surface area contributed by atoms with E-state index in [-0.39, 0.29) is 20.8 Å². The van der Waals surface area contributed by atoms with Gasteiger partial charge in [-0.1, -0.05) is 34.8 Å². The summed E-state index contributed by atoms with van der Waals surface area (Å²) in [6.45, 7) is 1.39. The predicted molar refractivity (Wildman–Crippen MR) is 116 cm³/mol. The lowest BCUT2D eigenvalue weighted by atomic mass is 10.2. The Bertz CT molecular complexity index is 967. The van der Waals surface area contributed by atoms with E-state index in [1.54, 1.807) is 6.07 Å². The number of hydrogen-bond acceptors (Lipinski definition) is 3. The van der Waals surface area contributed by atoms with Gasteiger partial charge in [0.1, 0.15) is 6.54 Å². The third kappa shape index (κ3) is 5.39. The topological polar surface area (TPSA) is 66.5 Å². The molecule has 1 amide bonds. The Hall–Kier alpha value is -0.740. The quantitative estimate of drug-likeness (QED) is 0.425. The first-order valence-corrected chi connectivity index (χ1v) is 11.2. The summed E-state index contributed by atoms with van der Waals surface area (Å²) >= 11 is 20.1. The Morgan fingerprint density at radius 3 is 2.31 bits per heavy atom. The number of nitrogens with zero attached hydrogens (tertiary/aromatic N) is 1. The van der Waals surface area contributed by atoms with Crippen molar-refractivity contribution in [3.8, 4) is 0 Å². The molecule has 0 saturated carbocycles. The Balaban J connectivity index is 2.32. The molecule has 0 fully saturated rings. The normalized spacial score (nSPS) is 11.3. The van der Waals surface area contributed by atoms with Crippen molar-refractivity contribution in [2.24, 2.45) is 0 Å². The largest absolute Gasteiger partial charge is 0.324 e. The molecule has 0 heterocycles. The van der Waals surface area contributed by atoms with Crippen molar-refractivity contribution in [2.75, 3.05) is 22.4 Å². The smallest absolute Gasteiger partial charge is 0.245 e. The van der Waals surface area contributed by atoms with Crippen molar-refractivity contribution < 1.29 is 13.2 Å². The average Bonchev–Trinajstić information content (AvgIpc) is 2.50. The van der Waals surface area contributed by atoms with Gasteiger partial charge in [0.15, 0.2) is 0 Å². The first-order valence-electron chi connectivity index (χ1n) is 7.17. The van der Waals surface area contributed by atoms with Gasteiger partial charge in [-0.15, -0.1) is 0 Å². The number of hydrogen-bond donors (Lipinski definition) is 1. The number of carbonyl (C=O) groups excluding carboxylic acids is 1. The molecule has 0 saturated heterocycles. The second-order valence-corrected chi connectivity index (χ2v) is 9.87. The van der Waals surface area contributed by atoms with E-state index in [0.29, 0.717) is 5.69 Å². The minimum atomic E-state index is -3.79. The molecule has 26 heavy (non-hydrogen) atoms. The van der Waals surface area contributed by atoms with Gasteiger partial charge in [0, 0.05) is 9.26 Å². The van der Waals surface area contributed by atoms with Crippen LogP contribution in [-0.4, -0.2) is 27.1 Å². The van der Waals surface area contributed by atoms with Gasteiger partial charge in [-0.2, -0.15) is 0 Å². The van der Waals surface area contributed by atoms with E-state index in [0.717, 1.165) is 19.7 Å². The summed E-state index contributed by atoms with van der Waals surface area (Å²) in [5.41, 5.74) is 1.55. The number of rotatable bonds is 5. The van der Waals surface area contributed by atoms with Crippen LogP contribution in [-0.2, 0) is 14.8 Å². The molecule has 2 aromatic carbocycles. The molecule has 10 heteroatoms. The molecule has 2 aromatic rings. The highest BCUT2D eigenvalue weighted by molar-refractivity contribution is 14.1. The summed E-state index contributed by atoms with van der Waals surface area (Å²) in [6, 6.07) is 8.15. The van der Waals surface area contributed by atoms with E-state index in [1.165, 1.54) is 12.1 Å². The van der Waals surface area contributed by atoms with Crippen LogP contribution in [0, 0.1) is 10.5 Å². The van der Waals surface area contributed by atoms with Gasteiger partial charge < -0.3 is 5.32 Å². The van der Waals surface area contributed by atoms with Crippen LogP contribution in [0.3, 0.4) is 0 Å². The van der Waals surface area contributed by atoms with Gasteiger partial charge in [0.05, 0.1) is 27.0 Å². The van der Waals surface area contributed by atoms with E-state index < -0.39 is 22.5 Å². The zero-order chi connectivity index (χ0) is 19.6. The fraction of sp³-hybridized carbons (Fsp3) is 0.188. The van der Waals surface area contributed by atoms with Crippen LogP contribution < -0.4 is 9.62 Å². The summed E-state index contributed by atoms with van der Waals surface area (Å²) < 4.78 is 26.3. The van der Waals surface area contributed by atoms with E-state index >= 15 is 0 Å². The van der Waals surface area contributed by atoms with E-state index in [9.17, 15) is 13.2 Å². The summed E-state index contributed by atoms with van der Waals surface area (Å²) in [6.07, 6.45) is 0.981. The fourth-order valence-corrected chi connectivity index (χ4v) is 4.37. The number of sulfonamides is 1. The second kappa shape index (κ2) is 8.52. The fourth-order valence-electron chi connectivity index (χ4n) is 2.17. The number of halogens is 4. The van der Waals surface area contributed by atoms with Crippen LogP contribution in [0.25, 0.3) is 0 Å². The van der Waals surface area contributed by atoms with Crippen molar-refractivity contribution in [3.63, 3.8) is 0 Å². The summed E-state index contributed by atoms with van der Waals surface area (Å²) in [4.78, 5) is 12.4. The zero-order valence-corrected chi connectivity index (χ0v) is 18.9. The third-order valence-corrected chi connectivity index (χ3v) is 6.23. The maximum Gasteiger partial charge on any atom is 0.245 e. The number of nitrogens with one attached hydrogen (secondary N) is 1. The second-order valence-electron chi connectivity index (χ2n) is 5.49. The van der Waals surface area contributed by atoms with Crippen LogP contribution in [0.5, 0.6) is 0 Å². The molecule has 1 N–H and O–H groups in total. The Labute approximate surface area is 180 Å². The lowest BCUT2D eigenvalue weighted by Gasteiger charge is -2.23. The van der Waals surface area contributed by atoms with Crippen LogP contribution in [0.2, 0.25) is 15.1 Å². The number of amides is 1. The van der Waals surface area contributed by atoms with Gasteiger partial charge in [0.2, 0.25) is 15.9 Å². The molecule has 0 aromatic heterocycles. The van der Waals surface area contributed by atoms with E-state index in [4.69, 9.17) is 34.8 Å². The molecule has 0 aliphatic carbocycles. The lowest BCUT2D eigenvalue weighted by molar-refractivity contribution is -0.114. The Morgan fingerprint density at radius 2 is 1.73 bits per heavy atom. The minimum absolute atomic E-state index is 0.0723. The van der Waals surface area contributed by atoms with Crippen LogP contribution in [0.4, 0.5) is 11.4 Å². The first-order chi connectivity index (χ1) is 12.0. The number of carbonyl (C=O) groups is 1. The number of anilines is 2. The molecular formula is C16H14Cl3IN2O3S. The summed E-state index contributed by atoms with van der Waals surface area (Å²) in [5, 5.41) is 3.10. The predicted octanol–water partition coefficient (Wildman–Crippen LogP) is 4.96. The summed E-state index contributed by atoms with van der Waals surface area (Å²) in [7, 11) is -3.79. The highest BCUT2D eigenvalue weighted by atomic mass is 127. The van der Waals surface area contributed by atoms with Gasteiger partial charge >= 0.3 is 0 Å². The van der Waals surface area contributed by atoms with Crippen LogP contribution >= 0.6 is 57.4 Å². The Kier molecular flexibility index (Phi) is 7.06. The maximum absolute atomic E-state index is 12.4. The molecule has 0 aliphatic heterocycles. The van der Waals surface area contributed by atoms with E-state index in [1.807, 2.05) is 19.1 Å². The molecule has 0 unspecified atom stereocenters. The molecule has 2 rings (SSSR count). The molecule has 5 nitrogen and oxygen atoms in total. The molecule has 0 bridgehead atoms. The molecule has 140 valence electrons.